The Hall–Kier alpha value is -2.60. The standard InChI is InChI=1S/C21H21BrN2O3/c22-19-13-12-18(27-19)20(25)23-17(21(26)24-14-5-2-6-15-24)11-7-10-16-8-3-1-4-9-16/h1,3-4,7-13H,2,5-6,14-15H2,(H,23,25)/b10-7+,17-11+. The van der Waals surface area contributed by atoms with Crippen molar-refractivity contribution in [1.82, 2.24) is 10.2 Å². The zero-order valence-corrected chi connectivity index (χ0v) is 16.4. The first-order valence-corrected chi connectivity index (χ1v) is 9.72. The van der Waals surface area contributed by atoms with E-state index < -0.39 is 5.91 Å². The summed E-state index contributed by atoms with van der Waals surface area (Å²) in [6.45, 7) is 1.42. The Labute approximate surface area is 166 Å². The van der Waals surface area contributed by atoms with Crippen molar-refractivity contribution in [3.63, 3.8) is 0 Å². The molecule has 1 aliphatic rings. The van der Waals surface area contributed by atoms with Crippen molar-refractivity contribution in [3.8, 4) is 0 Å². The van der Waals surface area contributed by atoms with E-state index in [9.17, 15) is 9.59 Å². The van der Waals surface area contributed by atoms with Crippen LogP contribution in [0.4, 0.5) is 0 Å². The molecule has 0 bridgehead atoms. The molecule has 1 N–H and O–H groups in total. The van der Waals surface area contributed by atoms with Crippen molar-refractivity contribution >= 4 is 33.8 Å². The number of amides is 2. The van der Waals surface area contributed by atoms with E-state index in [-0.39, 0.29) is 17.4 Å². The van der Waals surface area contributed by atoms with Crippen LogP contribution in [-0.4, -0.2) is 29.8 Å². The van der Waals surface area contributed by atoms with Crippen molar-refractivity contribution < 1.29 is 14.0 Å². The minimum Gasteiger partial charge on any atom is -0.444 e. The lowest BCUT2D eigenvalue weighted by atomic mass is 10.1. The summed E-state index contributed by atoms with van der Waals surface area (Å²) >= 11 is 3.18. The second-order valence-electron chi connectivity index (χ2n) is 6.26. The van der Waals surface area contributed by atoms with Crippen LogP contribution in [0.2, 0.25) is 0 Å². The van der Waals surface area contributed by atoms with Crippen LogP contribution >= 0.6 is 15.9 Å². The average Bonchev–Trinajstić information content (AvgIpc) is 3.14. The highest BCUT2D eigenvalue weighted by molar-refractivity contribution is 9.10. The molecule has 1 aromatic carbocycles. The van der Waals surface area contributed by atoms with E-state index in [0.717, 1.165) is 24.8 Å². The van der Waals surface area contributed by atoms with E-state index in [1.54, 1.807) is 29.2 Å². The van der Waals surface area contributed by atoms with Gasteiger partial charge in [0, 0.05) is 13.1 Å². The van der Waals surface area contributed by atoms with Gasteiger partial charge in [-0.15, -0.1) is 0 Å². The SMILES string of the molecule is O=C(N/C(=C/C=C/c1ccccc1)C(=O)N1CCCCC1)c1ccc(Br)o1. The summed E-state index contributed by atoms with van der Waals surface area (Å²) in [5.74, 6) is -0.483. The summed E-state index contributed by atoms with van der Waals surface area (Å²) in [6.07, 6.45) is 8.39. The van der Waals surface area contributed by atoms with E-state index in [1.165, 1.54) is 0 Å². The molecule has 0 saturated carbocycles. The predicted octanol–water partition coefficient (Wildman–Crippen LogP) is 4.38. The summed E-state index contributed by atoms with van der Waals surface area (Å²) in [5.41, 5.74) is 1.25. The lowest BCUT2D eigenvalue weighted by Gasteiger charge is -2.27. The highest BCUT2D eigenvalue weighted by Gasteiger charge is 2.22. The molecule has 0 unspecified atom stereocenters. The van der Waals surface area contributed by atoms with E-state index in [4.69, 9.17) is 4.42 Å². The van der Waals surface area contributed by atoms with Crippen molar-refractivity contribution in [2.45, 2.75) is 19.3 Å². The van der Waals surface area contributed by atoms with E-state index in [0.29, 0.717) is 17.8 Å². The van der Waals surface area contributed by atoms with Crippen LogP contribution in [0.5, 0.6) is 0 Å². The van der Waals surface area contributed by atoms with Crippen LogP contribution in [0.15, 0.2) is 69.4 Å². The number of piperidine rings is 1. The molecule has 27 heavy (non-hydrogen) atoms. The highest BCUT2D eigenvalue weighted by Crippen LogP contribution is 2.16. The molecule has 0 aliphatic carbocycles. The van der Waals surface area contributed by atoms with Gasteiger partial charge >= 0.3 is 0 Å². The van der Waals surface area contributed by atoms with Gasteiger partial charge in [0.2, 0.25) is 0 Å². The number of halogens is 1. The lowest BCUT2D eigenvalue weighted by molar-refractivity contribution is -0.128. The molecule has 3 rings (SSSR count). The number of allylic oxidation sites excluding steroid dienone is 2. The predicted molar refractivity (Wildman–Crippen MR) is 108 cm³/mol. The number of furan rings is 1. The molecule has 1 fully saturated rings. The molecule has 2 heterocycles. The Morgan fingerprint density at radius 2 is 1.78 bits per heavy atom. The second kappa shape index (κ2) is 9.37. The van der Waals surface area contributed by atoms with E-state index in [2.05, 4.69) is 21.2 Å². The lowest BCUT2D eigenvalue weighted by Crippen LogP contribution is -2.41. The minimum absolute atomic E-state index is 0.145. The van der Waals surface area contributed by atoms with Crippen LogP contribution in [0.1, 0.15) is 35.4 Å². The van der Waals surface area contributed by atoms with E-state index >= 15 is 0 Å². The third kappa shape index (κ3) is 5.44. The second-order valence-corrected chi connectivity index (χ2v) is 7.04. The molecule has 140 valence electrons. The van der Waals surface area contributed by atoms with Crippen molar-refractivity contribution in [2.24, 2.45) is 0 Å². The van der Waals surface area contributed by atoms with Gasteiger partial charge < -0.3 is 14.6 Å². The largest absolute Gasteiger partial charge is 0.444 e. The Bertz CT molecular complexity index is 849. The topological polar surface area (TPSA) is 62.6 Å². The summed E-state index contributed by atoms with van der Waals surface area (Å²) in [6, 6.07) is 13.0. The maximum absolute atomic E-state index is 12.9. The maximum atomic E-state index is 12.9. The highest BCUT2D eigenvalue weighted by atomic mass is 79.9. The van der Waals surface area contributed by atoms with Crippen LogP contribution in [0, 0.1) is 0 Å². The molecule has 2 amide bonds. The van der Waals surface area contributed by atoms with Gasteiger partial charge in [-0.1, -0.05) is 42.5 Å². The van der Waals surface area contributed by atoms with Crippen LogP contribution in [0.3, 0.4) is 0 Å². The number of rotatable bonds is 5. The fourth-order valence-electron chi connectivity index (χ4n) is 2.87. The van der Waals surface area contributed by atoms with Gasteiger partial charge in [0.05, 0.1) is 0 Å². The molecule has 1 aromatic heterocycles. The molecule has 1 aliphatic heterocycles. The van der Waals surface area contributed by atoms with Gasteiger partial charge in [-0.25, -0.2) is 0 Å². The van der Waals surface area contributed by atoms with Gasteiger partial charge in [-0.05, 0) is 59.0 Å². The first-order chi connectivity index (χ1) is 13.1. The molecule has 6 heteroatoms. The summed E-state index contributed by atoms with van der Waals surface area (Å²) in [7, 11) is 0. The number of benzene rings is 1. The van der Waals surface area contributed by atoms with Gasteiger partial charge in [0.1, 0.15) is 5.70 Å². The molecule has 0 atom stereocenters. The van der Waals surface area contributed by atoms with Crippen molar-refractivity contribution in [3.05, 3.63) is 76.3 Å². The number of carbonyl (C=O) groups excluding carboxylic acids is 2. The van der Waals surface area contributed by atoms with E-state index in [1.807, 2.05) is 36.4 Å². The first-order valence-electron chi connectivity index (χ1n) is 8.93. The summed E-state index contributed by atoms with van der Waals surface area (Å²) in [4.78, 5) is 27.1. The normalized spacial score (nSPS) is 15.1. The fourth-order valence-corrected chi connectivity index (χ4v) is 3.18. The van der Waals surface area contributed by atoms with Crippen LogP contribution in [-0.2, 0) is 4.79 Å². The first kappa shape index (κ1) is 19.2. The molecular formula is C21H21BrN2O3. The van der Waals surface area contributed by atoms with Crippen LogP contribution in [0.25, 0.3) is 6.08 Å². The van der Waals surface area contributed by atoms with Gasteiger partial charge in [0.15, 0.2) is 10.4 Å². The number of nitrogens with zero attached hydrogens (tertiary/aromatic N) is 1. The van der Waals surface area contributed by atoms with Crippen molar-refractivity contribution in [1.29, 1.82) is 0 Å². The molecule has 2 aromatic rings. The third-order valence-corrected chi connectivity index (χ3v) is 4.70. The zero-order valence-electron chi connectivity index (χ0n) is 14.9. The molecule has 5 nitrogen and oxygen atoms in total. The third-order valence-electron chi connectivity index (χ3n) is 4.27. The maximum Gasteiger partial charge on any atom is 0.291 e. The number of hydrogen-bond donors (Lipinski definition) is 1. The van der Waals surface area contributed by atoms with Gasteiger partial charge in [-0.2, -0.15) is 0 Å². The smallest absolute Gasteiger partial charge is 0.291 e. The van der Waals surface area contributed by atoms with Crippen LogP contribution < -0.4 is 5.32 Å². The monoisotopic (exact) mass is 428 g/mol. The quantitative estimate of drug-likeness (QED) is 0.567. The Kier molecular flexibility index (Phi) is 6.65. The summed E-state index contributed by atoms with van der Waals surface area (Å²) < 4.78 is 5.74. The average molecular weight is 429 g/mol. The molecule has 1 saturated heterocycles. The summed E-state index contributed by atoms with van der Waals surface area (Å²) in [5, 5.41) is 2.70. The molecule has 0 spiro atoms. The van der Waals surface area contributed by atoms with Crippen molar-refractivity contribution in [2.75, 3.05) is 13.1 Å². The number of hydrogen-bond acceptors (Lipinski definition) is 3. The minimum atomic E-state index is -0.453. The Morgan fingerprint density at radius 1 is 1.04 bits per heavy atom. The zero-order chi connectivity index (χ0) is 19.1. The molecule has 0 radical (unpaired) electrons. The number of nitrogens with one attached hydrogen (secondary N) is 1. The fraction of sp³-hybridized carbons (Fsp3) is 0.238. The number of likely N-dealkylation sites (tertiary alicyclic amines) is 1. The molecular weight excluding hydrogens is 408 g/mol. The van der Waals surface area contributed by atoms with Gasteiger partial charge in [-0.3, -0.25) is 9.59 Å². The Balaban J connectivity index is 1.78. The Morgan fingerprint density at radius 3 is 2.44 bits per heavy atom. The van der Waals surface area contributed by atoms with Gasteiger partial charge in [0.25, 0.3) is 11.8 Å². The number of carbonyl (C=O) groups is 2.